The van der Waals surface area contributed by atoms with E-state index in [4.69, 9.17) is 11.6 Å². The van der Waals surface area contributed by atoms with Gasteiger partial charge in [0.1, 0.15) is 5.56 Å². The lowest BCUT2D eigenvalue weighted by Crippen LogP contribution is -2.50. The summed E-state index contributed by atoms with van der Waals surface area (Å²) in [5.74, 6) is -0.853. The van der Waals surface area contributed by atoms with Crippen molar-refractivity contribution in [1.82, 2.24) is 10.2 Å². The lowest BCUT2D eigenvalue weighted by molar-refractivity contribution is -0.385. The van der Waals surface area contributed by atoms with Crippen LogP contribution in [0.15, 0.2) is 18.2 Å². The lowest BCUT2D eigenvalue weighted by Gasteiger charge is -2.26. The van der Waals surface area contributed by atoms with Crippen LogP contribution in [0.5, 0.6) is 0 Å². The van der Waals surface area contributed by atoms with E-state index in [-0.39, 0.29) is 28.7 Å². The van der Waals surface area contributed by atoms with Gasteiger partial charge in [0.2, 0.25) is 5.91 Å². The average Bonchev–Trinajstić information content (AvgIpc) is 2.37. The van der Waals surface area contributed by atoms with Crippen molar-refractivity contribution in [2.45, 2.75) is 0 Å². The number of amides is 2. The topological polar surface area (TPSA) is 92.5 Å². The third-order valence-electron chi connectivity index (χ3n) is 2.71. The number of hydrogen-bond donors (Lipinski definition) is 1. The molecule has 0 saturated carbocycles. The summed E-state index contributed by atoms with van der Waals surface area (Å²) in [6.07, 6.45) is 0. The summed E-state index contributed by atoms with van der Waals surface area (Å²) in [4.78, 5) is 34.9. The van der Waals surface area contributed by atoms with Crippen LogP contribution in [0, 0.1) is 10.1 Å². The lowest BCUT2D eigenvalue weighted by atomic mass is 10.1. The molecule has 2 amide bonds. The molecule has 1 N–H and O–H groups in total. The number of nitrogens with one attached hydrogen (secondary N) is 1. The fraction of sp³-hybridized carbons (Fsp3) is 0.273. The predicted molar refractivity (Wildman–Crippen MR) is 67.0 cm³/mol. The summed E-state index contributed by atoms with van der Waals surface area (Å²) < 4.78 is 0. The molecule has 7 nitrogen and oxygen atoms in total. The molecule has 8 heteroatoms. The molecule has 0 unspecified atom stereocenters. The van der Waals surface area contributed by atoms with Crippen LogP contribution in [0.2, 0.25) is 5.02 Å². The van der Waals surface area contributed by atoms with Crippen molar-refractivity contribution in [3.05, 3.63) is 38.9 Å². The van der Waals surface area contributed by atoms with E-state index in [0.717, 1.165) is 0 Å². The van der Waals surface area contributed by atoms with Crippen molar-refractivity contribution in [2.75, 3.05) is 19.6 Å². The Hall–Kier alpha value is -2.15. The zero-order chi connectivity index (χ0) is 14.0. The van der Waals surface area contributed by atoms with Crippen LogP contribution in [-0.2, 0) is 4.79 Å². The summed E-state index contributed by atoms with van der Waals surface area (Å²) in [5, 5.41) is 13.7. The van der Waals surface area contributed by atoms with Gasteiger partial charge in [-0.25, -0.2) is 0 Å². The number of carbonyl (C=O) groups excluding carboxylic acids is 2. The summed E-state index contributed by atoms with van der Waals surface area (Å²) >= 11 is 5.76. The summed E-state index contributed by atoms with van der Waals surface area (Å²) in [6.45, 7) is 0.537. The Morgan fingerprint density at radius 3 is 2.84 bits per heavy atom. The van der Waals surface area contributed by atoms with E-state index in [9.17, 15) is 19.7 Å². The molecule has 1 aliphatic heterocycles. The van der Waals surface area contributed by atoms with Gasteiger partial charge < -0.3 is 10.2 Å². The SMILES string of the molecule is O=C1CN(C(=O)c2cc(Cl)ccc2[N+](=O)[O-])CCN1. The van der Waals surface area contributed by atoms with Crippen LogP contribution >= 0.6 is 11.6 Å². The van der Waals surface area contributed by atoms with Gasteiger partial charge in [-0.3, -0.25) is 19.7 Å². The minimum absolute atomic E-state index is 0.104. The molecule has 1 heterocycles. The molecule has 1 fully saturated rings. The number of piperazine rings is 1. The van der Waals surface area contributed by atoms with Gasteiger partial charge in [-0.1, -0.05) is 11.6 Å². The van der Waals surface area contributed by atoms with E-state index >= 15 is 0 Å². The number of nitro benzene ring substituents is 1. The molecule has 0 aromatic heterocycles. The second kappa shape index (κ2) is 5.23. The van der Waals surface area contributed by atoms with Gasteiger partial charge in [0.05, 0.1) is 11.5 Å². The summed E-state index contributed by atoms with van der Waals surface area (Å²) in [6, 6.07) is 3.77. The Morgan fingerprint density at radius 1 is 1.47 bits per heavy atom. The maximum atomic E-state index is 12.2. The highest BCUT2D eigenvalue weighted by atomic mass is 35.5. The molecule has 0 atom stereocenters. The van der Waals surface area contributed by atoms with Crippen LogP contribution in [0.1, 0.15) is 10.4 Å². The van der Waals surface area contributed by atoms with E-state index in [1.807, 2.05) is 0 Å². The highest BCUT2D eigenvalue weighted by molar-refractivity contribution is 6.31. The minimum atomic E-state index is -0.645. The van der Waals surface area contributed by atoms with Crippen molar-refractivity contribution in [2.24, 2.45) is 0 Å². The molecule has 0 spiro atoms. The zero-order valence-corrected chi connectivity index (χ0v) is 10.5. The quantitative estimate of drug-likeness (QED) is 0.642. The first-order chi connectivity index (χ1) is 8.99. The molecule has 1 aromatic carbocycles. The number of carbonyl (C=O) groups is 2. The second-order valence-corrected chi connectivity index (χ2v) is 4.43. The molecule has 0 aliphatic carbocycles. The van der Waals surface area contributed by atoms with E-state index in [0.29, 0.717) is 13.1 Å². The first kappa shape index (κ1) is 13.3. The van der Waals surface area contributed by atoms with Gasteiger partial charge in [-0.05, 0) is 12.1 Å². The average molecular weight is 284 g/mol. The zero-order valence-electron chi connectivity index (χ0n) is 9.76. The van der Waals surface area contributed by atoms with Gasteiger partial charge in [0.25, 0.3) is 11.6 Å². The summed E-state index contributed by atoms with van der Waals surface area (Å²) in [7, 11) is 0. The maximum Gasteiger partial charge on any atom is 0.282 e. The number of rotatable bonds is 2. The largest absolute Gasteiger partial charge is 0.353 e. The minimum Gasteiger partial charge on any atom is -0.353 e. The van der Waals surface area contributed by atoms with Crippen molar-refractivity contribution in [1.29, 1.82) is 0 Å². The van der Waals surface area contributed by atoms with Crippen molar-refractivity contribution < 1.29 is 14.5 Å². The molecule has 1 aromatic rings. The molecule has 19 heavy (non-hydrogen) atoms. The van der Waals surface area contributed by atoms with Crippen molar-refractivity contribution >= 4 is 29.1 Å². The maximum absolute atomic E-state index is 12.2. The van der Waals surface area contributed by atoms with Crippen molar-refractivity contribution in [3.8, 4) is 0 Å². The molecular weight excluding hydrogens is 274 g/mol. The molecular formula is C11H10ClN3O4. The molecule has 100 valence electrons. The standard InChI is InChI=1S/C11H10ClN3O4/c12-7-1-2-9(15(18)19)8(5-7)11(17)14-4-3-13-10(16)6-14/h1-2,5H,3-4,6H2,(H,13,16). The second-order valence-electron chi connectivity index (χ2n) is 4.00. The number of hydrogen-bond acceptors (Lipinski definition) is 4. The first-order valence-corrected chi connectivity index (χ1v) is 5.87. The molecule has 1 saturated heterocycles. The molecule has 2 rings (SSSR count). The highest BCUT2D eigenvalue weighted by Gasteiger charge is 2.28. The van der Waals surface area contributed by atoms with Gasteiger partial charge in [0.15, 0.2) is 0 Å². The van der Waals surface area contributed by atoms with Gasteiger partial charge in [-0.2, -0.15) is 0 Å². The third-order valence-corrected chi connectivity index (χ3v) is 2.95. The normalized spacial score (nSPS) is 15.0. The van der Waals surface area contributed by atoms with Crippen LogP contribution < -0.4 is 5.32 Å². The Morgan fingerprint density at radius 2 is 2.21 bits per heavy atom. The van der Waals surface area contributed by atoms with Gasteiger partial charge in [0, 0.05) is 24.2 Å². The van der Waals surface area contributed by atoms with Crippen molar-refractivity contribution in [3.63, 3.8) is 0 Å². The smallest absolute Gasteiger partial charge is 0.282 e. The Labute approximate surface area is 113 Å². The third kappa shape index (κ3) is 2.82. The molecule has 0 bridgehead atoms. The van der Waals surface area contributed by atoms with Gasteiger partial charge >= 0.3 is 0 Å². The van der Waals surface area contributed by atoms with E-state index < -0.39 is 10.8 Å². The van der Waals surface area contributed by atoms with Crippen LogP contribution in [0.25, 0.3) is 0 Å². The van der Waals surface area contributed by atoms with Crippen LogP contribution in [0.4, 0.5) is 5.69 Å². The van der Waals surface area contributed by atoms with E-state index in [1.165, 1.54) is 23.1 Å². The number of nitrogens with zero attached hydrogens (tertiary/aromatic N) is 2. The van der Waals surface area contributed by atoms with Crippen LogP contribution in [-0.4, -0.2) is 41.3 Å². The first-order valence-electron chi connectivity index (χ1n) is 5.49. The predicted octanol–water partition coefficient (Wildman–Crippen LogP) is 0.820. The number of nitro groups is 1. The summed E-state index contributed by atoms with van der Waals surface area (Å²) in [5.41, 5.74) is -0.424. The Balaban J connectivity index is 2.34. The number of halogens is 1. The fourth-order valence-electron chi connectivity index (χ4n) is 1.82. The van der Waals surface area contributed by atoms with Gasteiger partial charge in [-0.15, -0.1) is 0 Å². The fourth-order valence-corrected chi connectivity index (χ4v) is 1.99. The van der Waals surface area contributed by atoms with E-state index in [2.05, 4.69) is 5.32 Å². The Kier molecular flexibility index (Phi) is 3.66. The Bertz CT molecular complexity index is 561. The molecule has 0 radical (unpaired) electrons. The van der Waals surface area contributed by atoms with Crippen LogP contribution in [0.3, 0.4) is 0 Å². The highest BCUT2D eigenvalue weighted by Crippen LogP contribution is 2.24. The molecule has 1 aliphatic rings. The monoisotopic (exact) mass is 283 g/mol. The van der Waals surface area contributed by atoms with E-state index in [1.54, 1.807) is 0 Å². The number of benzene rings is 1.